The molecule has 1 aromatic heterocycles. The summed E-state index contributed by atoms with van der Waals surface area (Å²) in [5.74, 6) is 0.659. The summed E-state index contributed by atoms with van der Waals surface area (Å²) in [4.78, 5) is 16.3. The van der Waals surface area contributed by atoms with E-state index in [1.165, 1.54) is 12.0 Å². The molecular formula is C14H19N3O. The van der Waals surface area contributed by atoms with Crippen molar-refractivity contribution in [1.82, 2.24) is 10.3 Å². The Morgan fingerprint density at radius 2 is 2.17 bits per heavy atom. The maximum absolute atomic E-state index is 11.8. The van der Waals surface area contributed by atoms with Gasteiger partial charge in [0.05, 0.1) is 0 Å². The fourth-order valence-corrected chi connectivity index (χ4v) is 2.51. The first-order chi connectivity index (χ1) is 8.54. The first kappa shape index (κ1) is 11.5. The normalized spacial score (nSPS) is 23.3. The summed E-state index contributed by atoms with van der Waals surface area (Å²) in [6.45, 7) is 4.32. The molecule has 0 aromatic carbocycles. The van der Waals surface area contributed by atoms with Gasteiger partial charge in [-0.15, -0.1) is 0 Å². The Morgan fingerprint density at radius 3 is 2.89 bits per heavy atom. The van der Waals surface area contributed by atoms with Gasteiger partial charge in [-0.1, -0.05) is 19.9 Å². The molecule has 0 aliphatic heterocycles. The number of pyridine rings is 1. The minimum atomic E-state index is -0.143. The summed E-state index contributed by atoms with van der Waals surface area (Å²) in [6, 6.07) is 4.12. The maximum atomic E-state index is 11.8. The van der Waals surface area contributed by atoms with Crippen LogP contribution in [-0.2, 0) is 12.8 Å². The zero-order valence-corrected chi connectivity index (χ0v) is 10.9. The molecule has 0 radical (unpaired) electrons. The fraction of sp³-hybridized carbons (Fsp3) is 0.571. The lowest BCUT2D eigenvalue weighted by Gasteiger charge is -2.09. The Morgan fingerprint density at radius 1 is 1.39 bits per heavy atom. The average Bonchev–Trinajstić information content (AvgIpc) is 2.75. The van der Waals surface area contributed by atoms with Crippen molar-refractivity contribution in [3.63, 3.8) is 0 Å². The molecule has 1 saturated carbocycles. The number of urea groups is 1. The van der Waals surface area contributed by atoms with Crippen LogP contribution in [0.3, 0.4) is 0 Å². The lowest BCUT2D eigenvalue weighted by atomic mass is 10.2. The monoisotopic (exact) mass is 245 g/mol. The van der Waals surface area contributed by atoms with E-state index in [1.54, 1.807) is 0 Å². The highest BCUT2D eigenvalue weighted by atomic mass is 16.2. The smallest absolute Gasteiger partial charge is 0.320 e. The van der Waals surface area contributed by atoms with Gasteiger partial charge in [0.25, 0.3) is 0 Å². The number of aromatic nitrogens is 1. The molecule has 96 valence electrons. The highest BCUT2D eigenvalue weighted by Gasteiger charge is 2.46. The van der Waals surface area contributed by atoms with Crippen LogP contribution in [0, 0.1) is 5.41 Å². The van der Waals surface area contributed by atoms with E-state index in [4.69, 9.17) is 0 Å². The Hall–Kier alpha value is -1.58. The Bertz CT molecular complexity index is 496. The van der Waals surface area contributed by atoms with Crippen LogP contribution >= 0.6 is 0 Å². The number of anilines is 1. The van der Waals surface area contributed by atoms with E-state index in [2.05, 4.69) is 35.5 Å². The van der Waals surface area contributed by atoms with Gasteiger partial charge in [-0.2, -0.15) is 0 Å². The van der Waals surface area contributed by atoms with Gasteiger partial charge in [0.1, 0.15) is 5.82 Å². The number of carbonyl (C=O) groups is 1. The molecule has 1 heterocycles. The van der Waals surface area contributed by atoms with Gasteiger partial charge in [-0.3, -0.25) is 5.32 Å². The SMILES string of the molecule is CC1(C)C[C@@H]1NC(=O)Nc1ccc2c(n1)CCC2. The lowest BCUT2D eigenvalue weighted by Crippen LogP contribution is -2.33. The third-order valence-electron chi connectivity index (χ3n) is 3.99. The number of hydrogen-bond acceptors (Lipinski definition) is 2. The van der Waals surface area contributed by atoms with Crippen molar-refractivity contribution in [1.29, 1.82) is 0 Å². The first-order valence-corrected chi connectivity index (χ1v) is 6.61. The van der Waals surface area contributed by atoms with Crippen molar-refractivity contribution in [3.05, 3.63) is 23.4 Å². The summed E-state index contributed by atoms with van der Waals surface area (Å²) >= 11 is 0. The Kier molecular flexibility index (Phi) is 2.54. The van der Waals surface area contributed by atoms with Crippen LogP contribution in [0.25, 0.3) is 0 Å². The fourth-order valence-electron chi connectivity index (χ4n) is 2.51. The zero-order valence-electron chi connectivity index (χ0n) is 10.9. The van der Waals surface area contributed by atoms with Gasteiger partial charge >= 0.3 is 6.03 Å². The molecular weight excluding hydrogens is 226 g/mol. The summed E-state index contributed by atoms with van der Waals surface area (Å²) in [5, 5.41) is 5.79. The number of carbonyl (C=O) groups excluding carboxylic acids is 1. The van der Waals surface area contributed by atoms with Gasteiger partial charge < -0.3 is 5.32 Å². The van der Waals surface area contributed by atoms with Gasteiger partial charge in [0.2, 0.25) is 0 Å². The molecule has 2 aliphatic rings. The molecule has 2 amide bonds. The van der Waals surface area contributed by atoms with Crippen LogP contribution in [0.5, 0.6) is 0 Å². The molecule has 1 aromatic rings. The van der Waals surface area contributed by atoms with E-state index in [0.29, 0.717) is 11.9 Å². The molecule has 0 unspecified atom stereocenters. The molecule has 4 nitrogen and oxygen atoms in total. The van der Waals surface area contributed by atoms with E-state index in [0.717, 1.165) is 25.0 Å². The van der Waals surface area contributed by atoms with Crippen molar-refractivity contribution < 1.29 is 4.79 Å². The van der Waals surface area contributed by atoms with Gasteiger partial charge in [-0.25, -0.2) is 9.78 Å². The minimum Gasteiger partial charge on any atom is -0.335 e. The summed E-state index contributed by atoms with van der Waals surface area (Å²) < 4.78 is 0. The first-order valence-electron chi connectivity index (χ1n) is 6.61. The van der Waals surface area contributed by atoms with Crippen molar-refractivity contribution in [2.45, 2.75) is 45.6 Å². The summed E-state index contributed by atoms with van der Waals surface area (Å²) in [6.07, 6.45) is 4.37. The zero-order chi connectivity index (χ0) is 12.8. The third-order valence-corrected chi connectivity index (χ3v) is 3.99. The molecule has 2 aliphatic carbocycles. The number of amides is 2. The number of nitrogens with zero attached hydrogens (tertiary/aromatic N) is 1. The number of aryl methyl sites for hydroxylation is 2. The second-order valence-electron chi connectivity index (χ2n) is 6.00. The van der Waals surface area contributed by atoms with Crippen molar-refractivity contribution in [3.8, 4) is 0 Å². The largest absolute Gasteiger partial charge is 0.335 e. The van der Waals surface area contributed by atoms with Gasteiger partial charge in [-0.05, 0) is 42.7 Å². The highest BCUT2D eigenvalue weighted by molar-refractivity contribution is 5.88. The molecule has 3 rings (SSSR count). The van der Waals surface area contributed by atoms with Crippen LogP contribution in [0.1, 0.15) is 37.9 Å². The van der Waals surface area contributed by atoms with E-state index in [1.807, 2.05) is 6.07 Å². The third kappa shape index (κ3) is 2.19. The van der Waals surface area contributed by atoms with Crippen molar-refractivity contribution in [2.75, 3.05) is 5.32 Å². The standard InChI is InChI=1S/C14H19N3O/c1-14(2)8-11(14)16-13(18)17-12-7-6-9-4-3-5-10(9)15-12/h6-7,11H,3-5,8H2,1-2H3,(H2,15,16,17,18)/t11-/m0/s1. The number of hydrogen-bond donors (Lipinski definition) is 2. The van der Waals surface area contributed by atoms with Crippen LogP contribution < -0.4 is 10.6 Å². The van der Waals surface area contributed by atoms with Crippen molar-refractivity contribution in [2.24, 2.45) is 5.41 Å². The predicted molar refractivity (Wildman–Crippen MR) is 70.6 cm³/mol. The van der Waals surface area contributed by atoms with Crippen LogP contribution in [0.4, 0.5) is 10.6 Å². The number of fused-ring (bicyclic) bond motifs is 1. The molecule has 1 fully saturated rings. The molecule has 0 bridgehead atoms. The number of rotatable bonds is 2. The molecule has 1 atom stereocenters. The molecule has 0 saturated heterocycles. The lowest BCUT2D eigenvalue weighted by molar-refractivity contribution is 0.250. The Balaban J connectivity index is 1.61. The topological polar surface area (TPSA) is 54.0 Å². The maximum Gasteiger partial charge on any atom is 0.320 e. The Labute approximate surface area is 107 Å². The second kappa shape index (κ2) is 3.97. The van der Waals surface area contributed by atoms with E-state index in [-0.39, 0.29) is 11.4 Å². The average molecular weight is 245 g/mol. The van der Waals surface area contributed by atoms with E-state index in [9.17, 15) is 4.79 Å². The minimum absolute atomic E-state index is 0.143. The van der Waals surface area contributed by atoms with Gasteiger partial charge in [0.15, 0.2) is 0 Å². The van der Waals surface area contributed by atoms with E-state index >= 15 is 0 Å². The van der Waals surface area contributed by atoms with Crippen LogP contribution in [0.15, 0.2) is 12.1 Å². The molecule has 2 N–H and O–H groups in total. The predicted octanol–water partition coefficient (Wildman–Crippen LogP) is 2.49. The molecule has 18 heavy (non-hydrogen) atoms. The van der Waals surface area contributed by atoms with Crippen LogP contribution in [0.2, 0.25) is 0 Å². The molecule has 0 spiro atoms. The second-order valence-corrected chi connectivity index (χ2v) is 6.00. The van der Waals surface area contributed by atoms with Crippen LogP contribution in [-0.4, -0.2) is 17.1 Å². The summed E-state index contributed by atoms with van der Waals surface area (Å²) in [7, 11) is 0. The van der Waals surface area contributed by atoms with Gasteiger partial charge in [0, 0.05) is 11.7 Å². The van der Waals surface area contributed by atoms with Crippen molar-refractivity contribution >= 4 is 11.8 Å². The highest BCUT2D eigenvalue weighted by Crippen LogP contribution is 2.44. The van der Waals surface area contributed by atoms with E-state index < -0.39 is 0 Å². The quantitative estimate of drug-likeness (QED) is 0.841. The summed E-state index contributed by atoms with van der Waals surface area (Å²) in [5.41, 5.74) is 2.71. The molecule has 4 heteroatoms. The number of nitrogens with one attached hydrogen (secondary N) is 2.